The molecular weight excluding hydrogens is 642 g/mol. The van der Waals surface area contributed by atoms with Gasteiger partial charge in [0.2, 0.25) is 11.8 Å². The smallest absolute Gasteiger partial charge is 0.313 e. The van der Waals surface area contributed by atoms with Gasteiger partial charge >= 0.3 is 5.97 Å². The van der Waals surface area contributed by atoms with E-state index in [-0.39, 0.29) is 38.6 Å². The molecule has 45 heavy (non-hydrogen) atoms. The number of hydrogen-bond donors (Lipinski definition) is 2. The minimum absolute atomic E-state index is 0.0511. The number of amides is 3. The molecule has 0 saturated carbocycles. The maximum absolute atomic E-state index is 14.8. The SMILES string of the molecule is Cc1ccc(C)c(N2C/C=C\CCC(=O)NC[C@H](c3ccccc3)OC(=O)[C@H]3[C@@H]4O[C@@]5(C=C4Br)[C@@H]3C(=O)N(CCO)[C@@H]5C2=O)c1. The first-order valence-electron chi connectivity index (χ1n) is 15.2. The van der Waals surface area contributed by atoms with Gasteiger partial charge < -0.3 is 29.7 Å². The van der Waals surface area contributed by atoms with E-state index in [1.807, 2.05) is 74.5 Å². The molecule has 0 aromatic heterocycles. The highest BCUT2D eigenvalue weighted by Gasteiger charge is 2.75. The Kier molecular flexibility index (Phi) is 8.69. The number of nitrogens with one attached hydrogen (secondary N) is 1. The molecule has 1 spiro atoms. The van der Waals surface area contributed by atoms with Crippen molar-refractivity contribution in [2.75, 3.05) is 31.1 Å². The van der Waals surface area contributed by atoms with Crippen LogP contribution in [0, 0.1) is 25.7 Å². The number of cyclic esters (lactones) is 1. The van der Waals surface area contributed by atoms with Crippen LogP contribution >= 0.6 is 15.9 Å². The van der Waals surface area contributed by atoms with Gasteiger partial charge in [0.25, 0.3) is 5.91 Å². The highest BCUT2D eigenvalue weighted by atomic mass is 79.9. The summed E-state index contributed by atoms with van der Waals surface area (Å²) in [4.78, 5) is 58.8. The number of rotatable bonds is 4. The number of likely N-dealkylation sites (tertiary alicyclic amines) is 1. The molecule has 10 nitrogen and oxygen atoms in total. The number of aryl methyl sites for hydroxylation is 2. The van der Waals surface area contributed by atoms with Crippen molar-refractivity contribution in [2.45, 2.75) is 50.5 Å². The number of halogens is 1. The van der Waals surface area contributed by atoms with Crippen molar-refractivity contribution in [3.05, 3.63) is 87.9 Å². The summed E-state index contributed by atoms with van der Waals surface area (Å²) < 4.78 is 13.2. The molecule has 2 aromatic rings. The molecule has 3 amide bonds. The summed E-state index contributed by atoms with van der Waals surface area (Å²) >= 11 is 3.56. The van der Waals surface area contributed by atoms with Gasteiger partial charge in [0, 0.05) is 29.7 Å². The monoisotopic (exact) mass is 677 g/mol. The van der Waals surface area contributed by atoms with E-state index in [1.54, 1.807) is 11.0 Å². The Balaban J connectivity index is 1.46. The van der Waals surface area contributed by atoms with E-state index in [1.165, 1.54) is 4.90 Å². The zero-order valence-corrected chi connectivity index (χ0v) is 26.7. The first-order chi connectivity index (χ1) is 21.7. The minimum atomic E-state index is -1.46. The summed E-state index contributed by atoms with van der Waals surface area (Å²) in [7, 11) is 0. The molecule has 236 valence electrons. The van der Waals surface area contributed by atoms with Crippen LogP contribution in [0.3, 0.4) is 0 Å². The van der Waals surface area contributed by atoms with Crippen LogP contribution in [0.15, 0.2) is 71.2 Å². The van der Waals surface area contributed by atoms with Gasteiger partial charge in [-0.2, -0.15) is 0 Å². The number of fused-ring (bicyclic) bond motifs is 2. The van der Waals surface area contributed by atoms with Crippen LogP contribution in [0.2, 0.25) is 0 Å². The molecule has 4 aliphatic rings. The van der Waals surface area contributed by atoms with Crippen LogP contribution in [0.25, 0.3) is 0 Å². The Hall–Kier alpha value is -3.80. The van der Waals surface area contributed by atoms with E-state index in [0.29, 0.717) is 22.2 Å². The fourth-order valence-corrected chi connectivity index (χ4v) is 7.74. The van der Waals surface area contributed by atoms with E-state index in [2.05, 4.69) is 21.2 Å². The van der Waals surface area contributed by atoms with Gasteiger partial charge in [0.15, 0.2) is 0 Å². The van der Waals surface area contributed by atoms with Crippen molar-refractivity contribution in [3.8, 4) is 0 Å². The predicted molar refractivity (Wildman–Crippen MR) is 169 cm³/mol. The van der Waals surface area contributed by atoms with Crippen molar-refractivity contribution in [1.29, 1.82) is 0 Å². The van der Waals surface area contributed by atoms with E-state index in [0.717, 1.165) is 11.1 Å². The minimum Gasteiger partial charge on any atom is -0.455 e. The summed E-state index contributed by atoms with van der Waals surface area (Å²) in [5.41, 5.74) is 1.72. The summed E-state index contributed by atoms with van der Waals surface area (Å²) in [6.45, 7) is 3.60. The van der Waals surface area contributed by atoms with Gasteiger partial charge in [-0.05, 0) is 49.1 Å². The molecular formula is C34H36BrN3O7. The summed E-state index contributed by atoms with van der Waals surface area (Å²) in [5, 5.41) is 12.9. The first-order valence-corrected chi connectivity index (χ1v) is 16.0. The number of esters is 1. The van der Waals surface area contributed by atoms with E-state index < -0.39 is 53.5 Å². The van der Waals surface area contributed by atoms with Crippen molar-refractivity contribution < 1.29 is 33.8 Å². The number of carbonyl (C=O) groups is 4. The summed E-state index contributed by atoms with van der Waals surface area (Å²) in [6, 6.07) is 13.8. The lowest BCUT2D eigenvalue weighted by Gasteiger charge is -2.36. The molecule has 0 unspecified atom stereocenters. The lowest BCUT2D eigenvalue weighted by molar-refractivity contribution is -0.159. The third kappa shape index (κ3) is 5.51. The van der Waals surface area contributed by atoms with Gasteiger partial charge in [-0.25, -0.2) is 0 Å². The molecule has 2 N–H and O–H groups in total. The zero-order valence-electron chi connectivity index (χ0n) is 25.1. The zero-order chi connectivity index (χ0) is 31.9. The molecule has 2 fully saturated rings. The van der Waals surface area contributed by atoms with E-state index in [4.69, 9.17) is 9.47 Å². The van der Waals surface area contributed by atoms with E-state index >= 15 is 0 Å². The van der Waals surface area contributed by atoms with Crippen molar-refractivity contribution in [2.24, 2.45) is 11.8 Å². The lowest BCUT2D eigenvalue weighted by Crippen LogP contribution is -2.56. The fourth-order valence-electron chi connectivity index (χ4n) is 7.00. The maximum atomic E-state index is 14.8. The maximum Gasteiger partial charge on any atom is 0.313 e. The Bertz CT molecular complexity index is 1580. The highest BCUT2D eigenvalue weighted by molar-refractivity contribution is 9.11. The van der Waals surface area contributed by atoms with Gasteiger partial charge in [0.05, 0.1) is 19.1 Å². The van der Waals surface area contributed by atoms with Crippen LogP contribution in [0.5, 0.6) is 0 Å². The number of ether oxygens (including phenoxy) is 2. The first kappa shape index (κ1) is 31.2. The number of benzene rings is 2. The second-order valence-electron chi connectivity index (χ2n) is 12.0. The van der Waals surface area contributed by atoms with Gasteiger partial charge in [-0.15, -0.1) is 0 Å². The third-order valence-corrected chi connectivity index (χ3v) is 9.78. The van der Waals surface area contributed by atoms with Gasteiger partial charge in [-0.1, -0.05) is 70.5 Å². The van der Waals surface area contributed by atoms with E-state index in [9.17, 15) is 24.3 Å². The molecule has 5 bridgehead atoms. The number of nitrogens with zero attached hydrogens (tertiary/aromatic N) is 2. The molecule has 0 radical (unpaired) electrons. The molecule has 11 heteroatoms. The van der Waals surface area contributed by atoms with Crippen LogP contribution in [0.4, 0.5) is 5.69 Å². The normalized spacial score (nSPS) is 31.0. The number of aliphatic hydroxyl groups is 1. The van der Waals surface area contributed by atoms with Crippen LogP contribution in [-0.4, -0.2) is 77.7 Å². The van der Waals surface area contributed by atoms with Crippen LogP contribution < -0.4 is 10.2 Å². The summed E-state index contributed by atoms with van der Waals surface area (Å²) in [5.74, 6) is -3.82. The second-order valence-corrected chi connectivity index (χ2v) is 12.9. The Morgan fingerprint density at radius 1 is 1.04 bits per heavy atom. The molecule has 6 atom stereocenters. The molecule has 2 saturated heterocycles. The molecule has 4 aliphatic heterocycles. The number of carbonyl (C=O) groups excluding carboxylic acids is 4. The van der Waals surface area contributed by atoms with Crippen molar-refractivity contribution in [3.63, 3.8) is 0 Å². The molecule has 0 aliphatic carbocycles. The highest BCUT2D eigenvalue weighted by Crippen LogP contribution is 2.59. The summed E-state index contributed by atoms with van der Waals surface area (Å²) in [6.07, 6.45) is 4.44. The standard InChI is InChI=1S/C34H36BrN3O7/c1-20-12-13-21(2)24(17-20)37-14-8-4-7-11-26(40)36-19-25(22-9-5-3-6-10-22)44-33(43)27-28-31(41)38(15-16-39)30(32(37)42)34(28)18-23(35)29(27)45-34/h3-6,8-10,12-13,17-18,25,27-30,39H,7,11,14-16,19H2,1-2H3,(H,36,40)/b8-4-/t25-,27-,28+,29-,30-,34+/m1/s1. The number of β-amino-alcohol motifs (C(OH)–C–C–N with tert-alkyl or cyclic N) is 1. The van der Waals surface area contributed by atoms with Crippen molar-refractivity contribution in [1.82, 2.24) is 10.2 Å². The topological polar surface area (TPSA) is 125 Å². The third-order valence-electron chi connectivity index (χ3n) is 9.10. The average molecular weight is 679 g/mol. The average Bonchev–Trinajstić information content (AvgIpc) is 3.61. The molecule has 4 heterocycles. The fraction of sp³-hybridized carbons (Fsp3) is 0.412. The largest absolute Gasteiger partial charge is 0.455 e. The Morgan fingerprint density at radius 2 is 1.82 bits per heavy atom. The predicted octanol–water partition coefficient (Wildman–Crippen LogP) is 3.25. The molecule has 6 rings (SSSR count). The number of anilines is 1. The number of allylic oxidation sites excluding steroid dienone is 1. The van der Waals surface area contributed by atoms with Gasteiger partial charge in [0.1, 0.15) is 29.8 Å². The number of aliphatic hydroxyl groups excluding tert-OH is 1. The number of hydrogen-bond acceptors (Lipinski definition) is 7. The quantitative estimate of drug-likeness (QED) is 0.376. The lowest BCUT2D eigenvalue weighted by atomic mass is 9.74. The van der Waals surface area contributed by atoms with Crippen LogP contribution in [-0.2, 0) is 28.7 Å². The second kappa shape index (κ2) is 12.5. The van der Waals surface area contributed by atoms with Gasteiger partial charge in [-0.3, -0.25) is 19.2 Å². The molecule has 2 aromatic carbocycles. The van der Waals surface area contributed by atoms with Crippen LogP contribution in [0.1, 0.15) is 35.6 Å². The Morgan fingerprint density at radius 3 is 2.58 bits per heavy atom. The van der Waals surface area contributed by atoms with Crippen molar-refractivity contribution >= 4 is 45.3 Å². The Labute approximate surface area is 270 Å².